The lowest BCUT2D eigenvalue weighted by atomic mass is 9.94. The van der Waals surface area contributed by atoms with Crippen LogP contribution in [0.15, 0.2) is 18.2 Å². The van der Waals surface area contributed by atoms with E-state index in [1.54, 1.807) is 12.1 Å². The van der Waals surface area contributed by atoms with Crippen LogP contribution in [0.1, 0.15) is 37.3 Å². The molecule has 1 unspecified atom stereocenters. The number of rotatable bonds is 7. The third kappa shape index (κ3) is 5.11. The number of hydrogen-bond acceptors (Lipinski definition) is 4. The lowest BCUT2D eigenvalue weighted by Crippen LogP contribution is -2.34. The smallest absolute Gasteiger partial charge is 0.330 e. The van der Waals surface area contributed by atoms with Gasteiger partial charge in [0.2, 0.25) is 5.91 Å². The van der Waals surface area contributed by atoms with Crippen LogP contribution in [0.3, 0.4) is 0 Å². The first-order chi connectivity index (χ1) is 11.5. The summed E-state index contributed by atoms with van der Waals surface area (Å²) in [5.74, 6) is -0.491. The number of halogens is 1. The molecule has 0 saturated carbocycles. The third-order valence-electron chi connectivity index (χ3n) is 4.18. The number of ether oxygens (including phenoxy) is 2. The van der Waals surface area contributed by atoms with Crippen molar-refractivity contribution in [1.82, 2.24) is 5.32 Å². The lowest BCUT2D eigenvalue weighted by Gasteiger charge is -2.22. The van der Waals surface area contributed by atoms with Crippen molar-refractivity contribution in [1.29, 1.82) is 0 Å². The number of carboxylic acid groups (broad SMARTS) is 1. The van der Waals surface area contributed by atoms with E-state index in [4.69, 9.17) is 21.1 Å². The van der Waals surface area contributed by atoms with Gasteiger partial charge in [0.25, 0.3) is 0 Å². The van der Waals surface area contributed by atoms with Crippen molar-refractivity contribution in [3.05, 3.63) is 28.8 Å². The van der Waals surface area contributed by atoms with Crippen LogP contribution in [0.25, 0.3) is 0 Å². The number of methoxy groups -OCH3 is 1. The average Bonchev–Trinajstić information content (AvgIpc) is 2.58. The zero-order valence-electron chi connectivity index (χ0n) is 13.6. The Kier molecular flexibility index (Phi) is 6.87. The summed E-state index contributed by atoms with van der Waals surface area (Å²) in [6.07, 6.45) is 2.94. The number of nitrogens with one attached hydrogen (secondary N) is 1. The second-order valence-electron chi connectivity index (χ2n) is 5.83. The van der Waals surface area contributed by atoms with Crippen LogP contribution >= 0.6 is 11.6 Å². The predicted octanol–water partition coefficient (Wildman–Crippen LogP) is 2.80. The van der Waals surface area contributed by atoms with Crippen LogP contribution in [0, 0.1) is 5.92 Å². The van der Waals surface area contributed by atoms with Crippen molar-refractivity contribution in [3.8, 4) is 5.75 Å². The SMILES string of the molecule is COc1ccc(C(NC(=O)CCC2CCOCC2)C(=O)O)cc1Cl. The fourth-order valence-corrected chi connectivity index (χ4v) is 3.02. The number of carboxylic acids is 1. The summed E-state index contributed by atoms with van der Waals surface area (Å²) in [4.78, 5) is 23.6. The summed E-state index contributed by atoms with van der Waals surface area (Å²) in [5.41, 5.74) is 0.410. The molecule has 7 heteroatoms. The molecule has 2 rings (SSSR count). The number of carbonyl (C=O) groups is 2. The van der Waals surface area contributed by atoms with Gasteiger partial charge in [-0.25, -0.2) is 4.79 Å². The van der Waals surface area contributed by atoms with Gasteiger partial charge in [-0.1, -0.05) is 17.7 Å². The van der Waals surface area contributed by atoms with E-state index in [0.717, 1.165) is 32.5 Å². The van der Waals surface area contributed by atoms with Crippen LogP contribution < -0.4 is 10.1 Å². The second kappa shape index (κ2) is 8.89. The van der Waals surface area contributed by atoms with Gasteiger partial charge in [-0.15, -0.1) is 0 Å². The zero-order valence-corrected chi connectivity index (χ0v) is 14.3. The predicted molar refractivity (Wildman–Crippen MR) is 89.3 cm³/mol. The molecular weight excluding hydrogens is 334 g/mol. The Morgan fingerprint density at radius 1 is 1.42 bits per heavy atom. The van der Waals surface area contributed by atoms with Crippen molar-refractivity contribution in [2.45, 2.75) is 31.7 Å². The van der Waals surface area contributed by atoms with Crippen molar-refractivity contribution >= 4 is 23.5 Å². The molecular formula is C17H22ClNO5. The Labute approximate surface area is 146 Å². The first kappa shape index (κ1) is 18.5. The van der Waals surface area contributed by atoms with Crippen LogP contribution in [0.2, 0.25) is 5.02 Å². The highest BCUT2D eigenvalue weighted by Crippen LogP contribution is 2.28. The molecule has 1 aromatic carbocycles. The van der Waals surface area contributed by atoms with E-state index in [2.05, 4.69) is 5.32 Å². The Morgan fingerprint density at radius 3 is 2.71 bits per heavy atom. The van der Waals surface area contributed by atoms with Crippen LogP contribution in [0.4, 0.5) is 0 Å². The van der Waals surface area contributed by atoms with Gasteiger partial charge in [-0.3, -0.25) is 4.79 Å². The van der Waals surface area contributed by atoms with Crippen LogP contribution in [-0.4, -0.2) is 37.3 Å². The van der Waals surface area contributed by atoms with E-state index in [1.807, 2.05) is 0 Å². The van der Waals surface area contributed by atoms with E-state index >= 15 is 0 Å². The van der Waals surface area contributed by atoms with Gasteiger partial charge in [0.05, 0.1) is 12.1 Å². The fraction of sp³-hybridized carbons (Fsp3) is 0.529. The van der Waals surface area contributed by atoms with Gasteiger partial charge in [-0.2, -0.15) is 0 Å². The second-order valence-corrected chi connectivity index (χ2v) is 6.23. The molecule has 132 valence electrons. The molecule has 1 aromatic rings. The molecule has 6 nitrogen and oxygen atoms in total. The molecule has 1 heterocycles. The van der Waals surface area contributed by atoms with Crippen LogP contribution in [-0.2, 0) is 14.3 Å². The van der Waals surface area contributed by atoms with E-state index in [1.165, 1.54) is 13.2 Å². The minimum absolute atomic E-state index is 0.277. The van der Waals surface area contributed by atoms with Crippen molar-refractivity contribution in [2.75, 3.05) is 20.3 Å². The van der Waals surface area contributed by atoms with Crippen molar-refractivity contribution in [3.63, 3.8) is 0 Å². The van der Waals surface area contributed by atoms with Gasteiger partial charge >= 0.3 is 5.97 Å². The summed E-state index contributed by atoms with van der Waals surface area (Å²) >= 11 is 6.04. The number of hydrogen-bond donors (Lipinski definition) is 2. The minimum Gasteiger partial charge on any atom is -0.495 e. The Bertz CT molecular complexity index is 586. The minimum atomic E-state index is -1.13. The quantitative estimate of drug-likeness (QED) is 0.785. The summed E-state index contributed by atoms with van der Waals surface area (Å²) in [5, 5.41) is 12.3. The standard InChI is InChI=1S/C17H22ClNO5/c1-23-14-4-3-12(10-13(14)18)16(17(21)22)19-15(20)5-2-11-6-8-24-9-7-11/h3-4,10-11,16H,2,5-9H2,1H3,(H,19,20)(H,21,22). The highest BCUT2D eigenvalue weighted by atomic mass is 35.5. The molecule has 0 radical (unpaired) electrons. The zero-order chi connectivity index (χ0) is 17.5. The normalized spacial score (nSPS) is 16.4. The molecule has 1 fully saturated rings. The van der Waals surface area contributed by atoms with E-state index in [9.17, 15) is 14.7 Å². The Balaban J connectivity index is 1.96. The summed E-state index contributed by atoms with van der Waals surface area (Å²) in [6.45, 7) is 1.46. The third-order valence-corrected chi connectivity index (χ3v) is 4.48. The summed E-state index contributed by atoms with van der Waals surface area (Å²) in [6, 6.07) is 3.54. The Hall–Kier alpha value is -1.79. The number of benzene rings is 1. The first-order valence-electron chi connectivity index (χ1n) is 7.94. The maximum atomic E-state index is 12.1. The molecule has 0 spiro atoms. The van der Waals surface area contributed by atoms with Gasteiger partial charge in [0.15, 0.2) is 6.04 Å². The topological polar surface area (TPSA) is 84.9 Å². The monoisotopic (exact) mass is 355 g/mol. The van der Waals surface area contributed by atoms with Gasteiger partial charge in [-0.05, 0) is 42.9 Å². The molecule has 1 atom stereocenters. The molecule has 2 N–H and O–H groups in total. The van der Waals surface area contributed by atoms with Crippen molar-refractivity contribution < 1.29 is 24.2 Å². The first-order valence-corrected chi connectivity index (χ1v) is 8.32. The van der Waals surface area contributed by atoms with Gasteiger partial charge in [0, 0.05) is 19.6 Å². The number of carbonyl (C=O) groups excluding carboxylic acids is 1. The highest BCUT2D eigenvalue weighted by Gasteiger charge is 2.24. The highest BCUT2D eigenvalue weighted by molar-refractivity contribution is 6.32. The van der Waals surface area contributed by atoms with E-state index in [0.29, 0.717) is 28.7 Å². The largest absolute Gasteiger partial charge is 0.495 e. The molecule has 1 amide bonds. The summed E-state index contributed by atoms with van der Waals surface area (Å²) < 4.78 is 10.3. The molecule has 1 aliphatic rings. The maximum Gasteiger partial charge on any atom is 0.330 e. The molecule has 24 heavy (non-hydrogen) atoms. The molecule has 0 bridgehead atoms. The summed E-state index contributed by atoms with van der Waals surface area (Å²) in [7, 11) is 1.48. The lowest BCUT2D eigenvalue weighted by molar-refractivity contribution is -0.142. The number of aliphatic carboxylic acids is 1. The molecule has 1 saturated heterocycles. The molecule has 0 aliphatic carbocycles. The average molecular weight is 356 g/mol. The Morgan fingerprint density at radius 2 is 2.12 bits per heavy atom. The van der Waals surface area contributed by atoms with Crippen LogP contribution in [0.5, 0.6) is 5.75 Å². The maximum absolute atomic E-state index is 12.1. The van der Waals surface area contributed by atoms with Crippen molar-refractivity contribution in [2.24, 2.45) is 5.92 Å². The fourth-order valence-electron chi connectivity index (χ4n) is 2.75. The van der Waals surface area contributed by atoms with E-state index < -0.39 is 12.0 Å². The molecule has 1 aliphatic heterocycles. The van der Waals surface area contributed by atoms with E-state index in [-0.39, 0.29) is 5.91 Å². The van der Waals surface area contributed by atoms with Gasteiger partial charge < -0.3 is 19.9 Å². The van der Waals surface area contributed by atoms with Gasteiger partial charge in [0.1, 0.15) is 5.75 Å². The molecule has 0 aromatic heterocycles. The number of amides is 1.